The summed E-state index contributed by atoms with van der Waals surface area (Å²) in [6.45, 7) is 4.32. The van der Waals surface area contributed by atoms with Crippen molar-refractivity contribution >= 4 is 29.9 Å². The Bertz CT molecular complexity index is 469. The molecule has 6 heteroatoms. The van der Waals surface area contributed by atoms with Gasteiger partial charge in [0.2, 0.25) is 5.91 Å². The molecule has 0 bridgehead atoms. The Morgan fingerprint density at radius 1 is 1.24 bits per heavy atom. The zero-order chi connectivity index (χ0) is 13.9. The molecule has 2 atom stereocenters. The molecule has 2 aliphatic rings. The fourth-order valence-corrected chi connectivity index (χ4v) is 3.13. The minimum absolute atomic E-state index is 0. The maximum atomic E-state index is 12.1. The van der Waals surface area contributed by atoms with E-state index < -0.39 is 0 Å². The van der Waals surface area contributed by atoms with Crippen molar-refractivity contribution in [2.45, 2.75) is 6.42 Å². The van der Waals surface area contributed by atoms with Crippen LogP contribution in [0, 0.1) is 11.8 Å². The summed E-state index contributed by atoms with van der Waals surface area (Å²) in [6.07, 6.45) is 0.440. The van der Waals surface area contributed by atoms with Crippen LogP contribution in [0.2, 0.25) is 5.02 Å². The van der Waals surface area contributed by atoms with E-state index in [1.165, 1.54) is 0 Å². The van der Waals surface area contributed by atoms with Crippen LogP contribution in [0.1, 0.15) is 6.42 Å². The molecule has 116 valence electrons. The zero-order valence-electron chi connectivity index (χ0n) is 11.8. The van der Waals surface area contributed by atoms with Gasteiger partial charge in [-0.3, -0.25) is 4.79 Å². The van der Waals surface area contributed by atoms with Crippen LogP contribution < -0.4 is 10.1 Å². The van der Waals surface area contributed by atoms with Crippen LogP contribution in [0.3, 0.4) is 0 Å². The highest BCUT2D eigenvalue weighted by Crippen LogP contribution is 2.26. The topological polar surface area (TPSA) is 41.6 Å². The molecule has 0 unspecified atom stereocenters. The molecule has 0 spiro atoms. The number of likely N-dealkylation sites (tertiary alicyclic amines) is 1. The lowest BCUT2D eigenvalue weighted by atomic mass is 10.0. The number of nitrogens with zero attached hydrogens (tertiary/aromatic N) is 1. The van der Waals surface area contributed by atoms with Crippen molar-refractivity contribution in [1.82, 2.24) is 10.2 Å². The Labute approximate surface area is 136 Å². The molecule has 0 aromatic heterocycles. The molecule has 0 radical (unpaired) electrons. The molecule has 0 aliphatic carbocycles. The SMILES string of the molecule is Cl.O=C(CCOc1ccc(Cl)cc1)N1C[C@H]2CNC[C@H]2C1. The van der Waals surface area contributed by atoms with Gasteiger partial charge < -0.3 is 15.0 Å². The minimum Gasteiger partial charge on any atom is -0.493 e. The number of halogens is 2. The van der Waals surface area contributed by atoms with E-state index >= 15 is 0 Å². The number of fused-ring (bicyclic) bond motifs is 1. The molecule has 1 aromatic rings. The first kappa shape index (κ1) is 16.4. The molecule has 2 heterocycles. The van der Waals surface area contributed by atoms with E-state index in [0.29, 0.717) is 29.9 Å². The van der Waals surface area contributed by atoms with Crippen LogP contribution in [-0.2, 0) is 4.79 Å². The van der Waals surface area contributed by atoms with Crippen molar-refractivity contribution in [3.63, 3.8) is 0 Å². The minimum atomic E-state index is 0. The third-order valence-electron chi connectivity index (χ3n) is 4.14. The fraction of sp³-hybridized carbons (Fsp3) is 0.533. The summed E-state index contributed by atoms with van der Waals surface area (Å²) in [5, 5.41) is 4.07. The molecular formula is C15H20Cl2N2O2. The maximum absolute atomic E-state index is 12.1. The Balaban J connectivity index is 0.00000161. The van der Waals surface area contributed by atoms with Crippen LogP contribution in [0.25, 0.3) is 0 Å². The summed E-state index contributed by atoms with van der Waals surface area (Å²) in [4.78, 5) is 14.1. The number of benzene rings is 1. The monoisotopic (exact) mass is 330 g/mol. The molecule has 3 rings (SSSR count). The number of ether oxygens (including phenoxy) is 1. The van der Waals surface area contributed by atoms with E-state index in [4.69, 9.17) is 16.3 Å². The Morgan fingerprint density at radius 2 is 1.86 bits per heavy atom. The van der Waals surface area contributed by atoms with Gasteiger partial charge >= 0.3 is 0 Å². The van der Waals surface area contributed by atoms with Crippen LogP contribution >= 0.6 is 24.0 Å². The highest BCUT2D eigenvalue weighted by Gasteiger charge is 2.37. The predicted molar refractivity (Wildman–Crippen MR) is 85.2 cm³/mol. The number of hydrogen-bond acceptors (Lipinski definition) is 3. The number of carbonyl (C=O) groups excluding carboxylic acids is 1. The van der Waals surface area contributed by atoms with Gasteiger partial charge in [-0.1, -0.05) is 11.6 Å². The Morgan fingerprint density at radius 3 is 2.48 bits per heavy atom. The van der Waals surface area contributed by atoms with Crippen LogP contribution in [0.15, 0.2) is 24.3 Å². The van der Waals surface area contributed by atoms with Crippen molar-refractivity contribution in [2.75, 3.05) is 32.8 Å². The average Bonchev–Trinajstić information content (AvgIpc) is 3.02. The lowest BCUT2D eigenvalue weighted by Crippen LogP contribution is -2.32. The number of nitrogens with one attached hydrogen (secondary N) is 1. The molecule has 0 saturated carbocycles. The molecule has 1 aromatic carbocycles. The van der Waals surface area contributed by atoms with E-state index in [9.17, 15) is 4.79 Å². The van der Waals surface area contributed by atoms with Crippen LogP contribution in [0.5, 0.6) is 5.75 Å². The lowest BCUT2D eigenvalue weighted by Gasteiger charge is -2.17. The van der Waals surface area contributed by atoms with Gasteiger partial charge in [0.05, 0.1) is 13.0 Å². The van der Waals surface area contributed by atoms with Gasteiger partial charge in [0.15, 0.2) is 0 Å². The molecule has 2 fully saturated rings. The quantitative estimate of drug-likeness (QED) is 0.920. The second kappa shape index (κ2) is 7.34. The maximum Gasteiger partial charge on any atom is 0.226 e. The van der Waals surface area contributed by atoms with Crippen LogP contribution in [0.4, 0.5) is 0 Å². The summed E-state index contributed by atoms with van der Waals surface area (Å²) < 4.78 is 5.57. The van der Waals surface area contributed by atoms with Crippen molar-refractivity contribution in [3.8, 4) is 5.75 Å². The van der Waals surface area contributed by atoms with E-state index in [0.717, 1.165) is 31.9 Å². The molecule has 2 saturated heterocycles. The molecular weight excluding hydrogens is 311 g/mol. The first-order valence-electron chi connectivity index (χ1n) is 7.09. The molecule has 21 heavy (non-hydrogen) atoms. The number of hydrogen-bond donors (Lipinski definition) is 1. The smallest absolute Gasteiger partial charge is 0.226 e. The highest BCUT2D eigenvalue weighted by molar-refractivity contribution is 6.30. The lowest BCUT2D eigenvalue weighted by molar-refractivity contribution is -0.130. The first-order chi connectivity index (χ1) is 9.72. The predicted octanol–water partition coefficient (Wildman–Crippen LogP) is 2.21. The molecule has 2 aliphatic heterocycles. The van der Waals surface area contributed by atoms with E-state index in [1.54, 1.807) is 12.1 Å². The van der Waals surface area contributed by atoms with E-state index in [2.05, 4.69) is 5.32 Å². The zero-order valence-corrected chi connectivity index (χ0v) is 13.3. The Hall–Kier alpha value is -0.970. The number of amides is 1. The van der Waals surface area contributed by atoms with Gasteiger partial charge in [-0.15, -0.1) is 12.4 Å². The third-order valence-corrected chi connectivity index (χ3v) is 4.39. The van der Waals surface area contributed by atoms with E-state index in [-0.39, 0.29) is 18.3 Å². The first-order valence-corrected chi connectivity index (χ1v) is 7.47. The van der Waals surface area contributed by atoms with Gasteiger partial charge in [0.1, 0.15) is 5.75 Å². The summed E-state index contributed by atoms with van der Waals surface area (Å²) in [5.41, 5.74) is 0. The standard InChI is InChI=1S/C15H19ClN2O2.ClH/c16-13-1-3-14(4-2-13)20-6-5-15(19)18-9-11-7-17-8-12(11)10-18;/h1-4,11-12,17H,5-10H2;1H/t11-,12+;. The van der Waals surface area contributed by atoms with Crippen LogP contribution in [-0.4, -0.2) is 43.6 Å². The summed E-state index contributed by atoms with van der Waals surface area (Å²) in [7, 11) is 0. The molecule has 1 N–H and O–H groups in total. The van der Waals surface area contributed by atoms with Gasteiger partial charge in [-0.05, 0) is 36.1 Å². The largest absolute Gasteiger partial charge is 0.493 e. The fourth-order valence-electron chi connectivity index (χ4n) is 3.00. The second-order valence-corrected chi connectivity index (χ2v) is 5.97. The van der Waals surface area contributed by atoms with Crippen molar-refractivity contribution in [1.29, 1.82) is 0 Å². The average molecular weight is 331 g/mol. The van der Waals surface area contributed by atoms with Crippen molar-refractivity contribution in [3.05, 3.63) is 29.3 Å². The van der Waals surface area contributed by atoms with Gasteiger partial charge in [-0.25, -0.2) is 0 Å². The second-order valence-electron chi connectivity index (χ2n) is 5.53. The third kappa shape index (κ3) is 4.02. The number of carbonyl (C=O) groups is 1. The van der Waals surface area contributed by atoms with Crippen molar-refractivity contribution in [2.24, 2.45) is 11.8 Å². The number of rotatable bonds is 4. The molecule has 4 nitrogen and oxygen atoms in total. The van der Waals surface area contributed by atoms with E-state index in [1.807, 2.05) is 17.0 Å². The summed E-state index contributed by atoms with van der Waals surface area (Å²) in [6, 6.07) is 7.21. The highest BCUT2D eigenvalue weighted by atomic mass is 35.5. The van der Waals surface area contributed by atoms with Crippen molar-refractivity contribution < 1.29 is 9.53 Å². The normalized spacial score (nSPS) is 23.6. The van der Waals surface area contributed by atoms with Gasteiger partial charge in [-0.2, -0.15) is 0 Å². The molecule has 1 amide bonds. The summed E-state index contributed by atoms with van der Waals surface area (Å²) in [5.74, 6) is 2.25. The summed E-state index contributed by atoms with van der Waals surface area (Å²) >= 11 is 5.81. The van der Waals surface area contributed by atoms with Gasteiger partial charge in [0, 0.05) is 31.2 Å². The van der Waals surface area contributed by atoms with Gasteiger partial charge in [0.25, 0.3) is 0 Å². The Kier molecular flexibility index (Phi) is 5.73.